The molecule has 0 atom stereocenters. The van der Waals surface area contributed by atoms with Crippen LogP contribution < -0.4 is 6.15 Å². The Balaban J connectivity index is -0.000000120. The number of ether oxygens (including phenoxy) is 1. The standard InChI is InChI=1S/C6H10O4S.C4H10O.C2H4.H3N/c1-3-5-9-11(7,8)10-6-4-2;1-3-5-4-2;1-2;/h3-4,6H,1,5H2,2H3;3-4H2,1-2H3;1-2H2;1H3/b6-4-;;;. The largest absolute Gasteiger partial charge is 0.448 e. The second kappa shape index (κ2) is 22.1. The zero-order valence-electron chi connectivity index (χ0n) is 12.1. The van der Waals surface area contributed by atoms with Crippen LogP contribution in [0.1, 0.15) is 20.8 Å². The van der Waals surface area contributed by atoms with Crippen LogP contribution in [0, 0.1) is 0 Å². The number of allylic oxidation sites excluding steroid dienone is 1. The van der Waals surface area contributed by atoms with Crippen LogP contribution in [-0.2, 0) is 23.5 Å². The maximum Gasteiger partial charge on any atom is 0.448 e. The molecule has 0 aliphatic carbocycles. The third-order valence-electron chi connectivity index (χ3n) is 1.05. The minimum Gasteiger partial charge on any atom is -0.382 e. The van der Waals surface area contributed by atoms with E-state index in [1.807, 2.05) is 13.8 Å². The van der Waals surface area contributed by atoms with Crippen LogP contribution in [-0.4, -0.2) is 28.2 Å². The van der Waals surface area contributed by atoms with Crippen LogP contribution in [0.25, 0.3) is 0 Å². The highest BCUT2D eigenvalue weighted by atomic mass is 32.3. The van der Waals surface area contributed by atoms with Crippen LogP contribution in [0.15, 0.2) is 38.2 Å². The molecule has 3 N–H and O–H groups in total. The lowest BCUT2D eigenvalue weighted by molar-refractivity contribution is 0.162. The van der Waals surface area contributed by atoms with E-state index in [2.05, 4.69) is 28.1 Å². The highest BCUT2D eigenvalue weighted by molar-refractivity contribution is 7.81. The molecule has 0 saturated heterocycles. The quantitative estimate of drug-likeness (QED) is 0.573. The van der Waals surface area contributed by atoms with Gasteiger partial charge in [-0.1, -0.05) is 12.2 Å². The van der Waals surface area contributed by atoms with Gasteiger partial charge in [0.2, 0.25) is 0 Å². The SMILES string of the molecule is C=C.C=CCOS(=O)(=O)O/C=C\C.CCOCC.N. The van der Waals surface area contributed by atoms with Crippen LogP contribution in [0.2, 0.25) is 0 Å². The highest BCUT2D eigenvalue weighted by Crippen LogP contribution is 1.95. The molecule has 19 heavy (non-hydrogen) atoms. The number of rotatable bonds is 7. The molecular weight excluding hydrogens is 270 g/mol. The molecule has 0 saturated carbocycles. The third kappa shape index (κ3) is 31.6. The predicted molar refractivity (Wildman–Crippen MR) is 79.4 cm³/mol. The van der Waals surface area contributed by atoms with Gasteiger partial charge in [0.1, 0.15) is 6.26 Å². The summed E-state index contributed by atoms with van der Waals surface area (Å²) in [6.45, 7) is 16.5. The summed E-state index contributed by atoms with van der Waals surface area (Å²) >= 11 is 0. The van der Waals surface area contributed by atoms with Gasteiger partial charge < -0.3 is 15.1 Å². The molecular formula is C12H27NO5S. The molecule has 0 unspecified atom stereocenters. The molecule has 0 amide bonds. The summed E-state index contributed by atoms with van der Waals surface area (Å²) in [4.78, 5) is 0. The summed E-state index contributed by atoms with van der Waals surface area (Å²) in [6.07, 6.45) is 3.78. The van der Waals surface area contributed by atoms with Crippen LogP contribution in [0.4, 0.5) is 0 Å². The van der Waals surface area contributed by atoms with Crippen molar-refractivity contribution >= 4 is 10.4 Å². The van der Waals surface area contributed by atoms with Gasteiger partial charge in [0.05, 0.1) is 6.61 Å². The molecule has 0 rings (SSSR count). The summed E-state index contributed by atoms with van der Waals surface area (Å²) in [7, 11) is -3.86. The zero-order valence-corrected chi connectivity index (χ0v) is 12.9. The van der Waals surface area contributed by atoms with Crippen LogP contribution in [0.3, 0.4) is 0 Å². The maximum atomic E-state index is 10.6. The Hall–Kier alpha value is -1.15. The normalized spacial score (nSPS) is 9.21. The summed E-state index contributed by atoms with van der Waals surface area (Å²) in [6, 6.07) is 0. The Morgan fingerprint density at radius 2 is 1.63 bits per heavy atom. The zero-order chi connectivity index (χ0) is 14.9. The van der Waals surface area contributed by atoms with E-state index in [-0.39, 0.29) is 12.8 Å². The van der Waals surface area contributed by atoms with Gasteiger partial charge in [0.25, 0.3) is 0 Å². The molecule has 0 heterocycles. The van der Waals surface area contributed by atoms with E-state index < -0.39 is 10.4 Å². The Kier molecular flexibility index (Phi) is 30.7. The molecule has 116 valence electrons. The summed E-state index contributed by atoms with van der Waals surface area (Å²) in [5, 5.41) is 0. The van der Waals surface area contributed by atoms with Gasteiger partial charge in [-0.05, 0) is 20.8 Å². The Morgan fingerprint density at radius 1 is 1.16 bits per heavy atom. The van der Waals surface area contributed by atoms with Gasteiger partial charge in [0.15, 0.2) is 0 Å². The van der Waals surface area contributed by atoms with E-state index in [0.717, 1.165) is 19.5 Å². The first-order valence-electron chi connectivity index (χ1n) is 5.41. The molecule has 0 aliphatic heterocycles. The number of hydrogen-bond donors (Lipinski definition) is 1. The van der Waals surface area contributed by atoms with Gasteiger partial charge in [-0.25, -0.2) is 4.18 Å². The van der Waals surface area contributed by atoms with E-state index in [1.54, 1.807) is 6.92 Å². The molecule has 0 bridgehead atoms. The second-order valence-corrected chi connectivity index (χ2v) is 3.57. The van der Waals surface area contributed by atoms with Crippen molar-refractivity contribution in [1.82, 2.24) is 6.15 Å². The monoisotopic (exact) mass is 297 g/mol. The lowest BCUT2D eigenvalue weighted by Crippen LogP contribution is -2.06. The molecule has 6 nitrogen and oxygen atoms in total. The molecule has 7 heteroatoms. The molecule has 0 aliphatic rings. The minimum atomic E-state index is -3.86. The van der Waals surface area contributed by atoms with Crippen molar-refractivity contribution in [2.75, 3.05) is 19.8 Å². The first-order chi connectivity index (χ1) is 8.54. The van der Waals surface area contributed by atoms with Gasteiger partial charge >= 0.3 is 10.4 Å². The fourth-order valence-electron chi connectivity index (χ4n) is 0.487. The van der Waals surface area contributed by atoms with Crippen molar-refractivity contribution in [3.8, 4) is 0 Å². The Morgan fingerprint density at radius 3 is 1.89 bits per heavy atom. The van der Waals surface area contributed by atoms with Crippen molar-refractivity contribution in [2.45, 2.75) is 20.8 Å². The lowest BCUT2D eigenvalue weighted by Gasteiger charge is -1.99. The first kappa shape index (κ1) is 26.4. The van der Waals surface area contributed by atoms with E-state index in [0.29, 0.717) is 0 Å². The van der Waals surface area contributed by atoms with Crippen molar-refractivity contribution in [1.29, 1.82) is 0 Å². The Bertz CT molecular complexity index is 286. The van der Waals surface area contributed by atoms with E-state index in [9.17, 15) is 8.42 Å². The minimum absolute atomic E-state index is 0. The smallest absolute Gasteiger partial charge is 0.382 e. The number of hydrogen-bond acceptors (Lipinski definition) is 6. The van der Waals surface area contributed by atoms with Gasteiger partial charge in [-0.2, -0.15) is 8.42 Å². The van der Waals surface area contributed by atoms with Crippen molar-refractivity contribution in [3.05, 3.63) is 38.2 Å². The predicted octanol–water partition coefficient (Wildman–Crippen LogP) is 2.99. The van der Waals surface area contributed by atoms with Crippen molar-refractivity contribution < 1.29 is 21.5 Å². The van der Waals surface area contributed by atoms with E-state index in [1.165, 1.54) is 12.2 Å². The van der Waals surface area contributed by atoms with Gasteiger partial charge in [-0.3, -0.25) is 0 Å². The fraction of sp³-hybridized carbons (Fsp3) is 0.500. The summed E-state index contributed by atoms with van der Waals surface area (Å²) in [5.41, 5.74) is 0. The molecule has 0 aromatic carbocycles. The molecule has 0 spiro atoms. The molecule has 0 aromatic heterocycles. The molecule has 0 radical (unpaired) electrons. The van der Waals surface area contributed by atoms with E-state index in [4.69, 9.17) is 4.74 Å². The van der Waals surface area contributed by atoms with Crippen molar-refractivity contribution in [2.24, 2.45) is 0 Å². The average molecular weight is 297 g/mol. The van der Waals surface area contributed by atoms with Gasteiger partial charge in [-0.15, -0.1) is 19.7 Å². The molecule has 0 fully saturated rings. The molecule has 0 aromatic rings. The third-order valence-corrected chi connectivity index (χ3v) is 1.82. The lowest BCUT2D eigenvalue weighted by atomic mass is 10.7. The average Bonchev–Trinajstić information content (AvgIpc) is 2.38. The van der Waals surface area contributed by atoms with Crippen LogP contribution in [0.5, 0.6) is 0 Å². The summed E-state index contributed by atoms with van der Waals surface area (Å²) < 4.78 is 34.5. The van der Waals surface area contributed by atoms with Gasteiger partial charge in [0, 0.05) is 13.2 Å². The second-order valence-electron chi connectivity index (χ2n) is 2.33. The summed E-state index contributed by atoms with van der Waals surface area (Å²) in [5.74, 6) is 0. The Labute approximate surface area is 117 Å². The first-order valence-corrected chi connectivity index (χ1v) is 6.74. The van der Waals surface area contributed by atoms with Crippen molar-refractivity contribution in [3.63, 3.8) is 0 Å². The fourth-order valence-corrected chi connectivity index (χ4v) is 1.05. The van der Waals surface area contributed by atoms with Crippen LogP contribution >= 0.6 is 0 Å². The van der Waals surface area contributed by atoms with E-state index >= 15 is 0 Å². The highest BCUT2D eigenvalue weighted by Gasteiger charge is 2.07. The maximum absolute atomic E-state index is 10.6. The topological polar surface area (TPSA) is 96.8 Å².